The van der Waals surface area contributed by atoms with E-state index in [1.807, 2.05) is 12.1 Å². The molecule has 1 aliphatic heterocycles. The fourth-order valence-corrected chi connectivity index (χ4v) is 2.78. The second-order valence-electron chi connectivity index (χ2n) is 4.55. The van der Waals surface area contributed by atoms with E-state index in [-0.39, 0.29) is 0 Å². The van der Waals surface area contributed by atoms with Crippen LogP contribution < -0.4 is 4.90 Å². The molecule has 0 spiro atoms. The first-order valence-electron chi connectivity index (χ1n) is 6.26. The molecule has 0 amide bonds. The summed E-state index contributed by atoms with van der Waals surface area (Å²) in [6.45, 7) is 3.41. The minimum absolute atomic E-state index is 0.379. The molecule has 1 aromatic carbocycles. The number of halogens is 2. The maximum Gasteiger partial charge on any atom is 0.134 e. The number of hydrogen-bond donors (Lipinski definition) is 0. The average molecular weight is 297 g/mol. The SMILES string of the molecule is ClCc1cc2cc(N3CCOCC3)ccc2nc1Cl. The van der Waals surface area contributed by atoms with Crippen molar-refractivity contribution in [2.24, 2.45) is 0 Å². The maximum absolute atomic E-state index is 6.07. The lowest BCUT2D eigenvalue weighted by atomic mass is 10.1. The number of morpholine rings is 1. The Labute approximate surface area is 122 Å². The number of nitrogens with zero attached hydrogens (tertiary/aromatic N) is 2. The molecule has 3 rings (SSSR count). The van der Waals surface area contributed by atoms with Crippen molar-refractivity contribution in [2.45, 2.75) is 5.88 Å². The van der Waals surface area contributed by atoms with Crippen LogP contribution in [-0.4, -0.2) is 31.3 Å². The fraction of sp³-hybridized carbons (Fsp3) is 0.357. The van der Waals surface area contributed by atoms with E-state index in [0.29, 0.717) is 11.0 Å². The van der Waals surface area contributed by atoms with Gasteiger partial charge in [0, 0.05) is 29.7 Å². The van der Waals surface area contributed by atoms with Gasteiger partial charge < -0.3 is 9.64 Å². The molecule has 2 heterocycles. The zero-order valence-electron chi connectivity index (χ0n) is 10.4. The number of aromatic nitrogens is 1. The van der Waals surface area contributed by atoms with Gasteiger partial charge in [-0.1, -0.05) is 11.6 Å². The Morgan fingerprint density at radius 3 is 2.74 bits per heavy atom. The second kappa shape index (κ2) is 5.53. The Balaban J connectivity index is 2.01. The van der Waals surface area contributed by atoms with Crippen LogP contribution in [0.25, 0.3) is 10.9 Å². The van der Waals surface area contributed by atoms with E-state index in [4.69, 9.17) is 27.9 Å². The summed E-state index contributed by atoms with van der Waals surface area (Å²) in [5.74, 6) is 0.379. The monoisotopic (exact) mass is 296 g/mol. The molecular formula is C14H14Cl2N2O. The smallest absolute Gasteiger partial charge is 0.134 e. The van der Waals surface area contributed by atoms with Crippen molar-refractivity contribution in [3.8, 4) is 0 Å². The van der Waals surface area contributed by atoms with Crippen LogP contribution in [0.4, 0.5) is 5.69 Å². The molecule has 0 unspecified atom stereocenters. The van der Waals surface area contributed by atoms with E-state index in [2.05, 4.69) is 22.0 Å². The van der Waals surface area contributed by atoms with Crippen LogP contribution in [0.5, 0.6) is 0 Å². The van der Waals surface area contributed by atoms with Gasteiger partial charge >= 0.3 is 0 Å². The number of ether oxygens (including phenoxy) is 1. The van der Waals surface area contributed by atoms with Crippen LogP contribution in [0.1, 0.15) is 5.56 Å². The summed E-state index contributed by atoms with van der Waals surface area (Å²) >= 11 is 11.9. The highest BCUT2D eigenvalue weighted by Gasteiger charge is 2.12. The second-order valence-corrected chi connectivity index (χ2v) is 5.17. The first-order chi connectivity index (χ1) is 9.28. The van der Waals surface area contributed by atoms with Crippen molar-refractivity contribution in [3.63, 3.8) is 0 Å². The third-order valence-electron chi connectivity index (χ3n) is 3.34. The van der Waals surface area contributed by atoms with Crippen LogP contribution in [0, 0.1) is 0 Å². The van der Waals surface area contributed by atoms with Crippen molar-refractivity contribution in [1.29, 1.82) is 0 Å². The Morgan fingerprint density at radius 1 is 1.21 bits per heavy atom. The minimum Gasteiger partial charge on any atom is -0.378 e. The standard InChI is InChI=1S/C14H14Cl2N2O/c15-9-11-7-10-8-12(18-3-5-19-6-4-18)1-2-13(10)17-14(11)16/h1-2,7-8H,3-6,9H2. The van der Waals surface area contributed by atoms with Gasteiger partial charge in [0.2, 0.25) is 0 Å². The van der Waals surface area contributed by atoms with Gasteiger partial charge in [-0.05, 0) is 24.3 Å². The van der Waals surface area contributed by atoms with Gasteiger partial charge in [0.15, 0.2) is 0 Å². The van der Waals surface area contributed by atoms with Crippen molar-refractivity contribution in [1.82, 2.24) is 4.98 Å². The third-order valence-corrected chi connectivity index (χ3v) is 3.96. The first kappa shape index (κ1) is 13.0. The van der Waals surface area contributed by atoms with Crippen molar-refractivity contribution >= 4 is 39.8 Å². The van der Waals surface area contributed by atoms with Crippen molar-refractivity contribution in [3.05, 3.63) is 35.0 Å². The molecule has 0 bridgehead atoms. The van der Waals surface area contributed by atoms with Gasteiger partial charge in [-0.3, -0.25) is 0 Å². The molecule has 0 saturated carbocycles. The van der Waals surface area contributed by atoms with E-state index < -0.39 is 0 Å². The lowest BCUT2D eigenvalue weighted by Crippen LogP contribution is -2.36. The third kappa shape index (κ3) is 2.64. The van der Waals surface area contributed by atoms with E-state index in [9.17, 15) is 0 Å². The van der Waals surface area contributed by atoms with E-state index in [1.165, 1.54) is 5.69 Å². The number of rotatable bonds is 2. The molecule has 0 radical (unpaired) electrons. The Hall–Kier alpha value is -1.03. The number of benzene rings is 1. The van der Waals surface area contributed by atoms with Crippen molar-refractivity contribution < 1.29 is 4.74 Å². The maximum atomic E-state index is 6.07. The fourth-order valence-electron chi connectivity index (χ4n) is 2.30. The highest BCUT2D eigenvalue weighted by atomic mass is 35.5. The largest absolute Gasteiger partial charge is 0.378 e. The Morgan fingerprint density at radius 2 is 2.00 bits per heavy atom. The summed E-state index contributed by atoms with van der Waals surface area (Å²) in [5, 5.41) is 1.56. The predicted octanol–water partition coefficient (Wildman–Crippen LogP) is 3.46. The molecule has 100 valence electrons. The molecule has 0 atom stereocenters. The predicted molar refractivity (Wildman–Crippen MR) is 79.3 cm³/mol. The van der Waals surface area contributed by atoms with Crippen LogP contribution in [0.15, 0.2) is 24.3 Å². The van der Waals surface area contributed by atoms with Gasteiger partial charge in [-0.15, -0.1) is 11.6 Å². The van der Waals surface area contributed by atoms with Gasteiger partial charge in [-0.25, -0.2) is 4.98 Å². The average Bonchev–Trinajstić information content (AvgIpc) is 2.47. The summed E-state index contributed by atoms with van der Waals surface area (Å²) in [4.78, 5) is 6.69. The van der Waals surface area contributed by atoms with Crippen LogP contribution in [-0.2, 0) is 10.6 Å². The molecule has 0 N–H and O–H groups in total. The lowest BCUT2D eigenvalue weighted by Gasteiger charge is -2.29. The van der Waals surface area contributed by atoms with Crippen LogP contribution in [0.2, 0.25) is 5.15 Å². The van der Waals surface area contributed by atoms with Gasteiger partial charge in [0.1, 0.15) is 5.15 Å². The number of alkyl halides is 1. The summed E-state index contributed by atoms with van der Waals surface area (Å²) < 4.78 is 5.37. The summed E-state index contributed by atoms with van der Waals surface area (Å²) in [5.41, 5.74) is 2.96. The molecule has 1 aliphatic rings. The molecule has 5 heteroatoms. The highest BCUT2D eigenvalue weighted by molar-refractivity contribution is 6.31. The molecule has 19 heavy (non-hydrogen) atoms. The molecular weight excluding hydrogens is 283 g/mol. The highest BCUT2D eigenvalue weighted by Crippen LogP contribution is 2.26. The van der Waals surface area contributed by atoms with E-state index in [1.54, 1.807) is 0 Å². The van der Waals surface area contributed by atoms with Crippen molar-refractivity contribution in [2.75, 3.05) is 31.2 Å². The lowest BCUT2D eigenvalue weighted by molar-refractivity contribution is 0.122. The number of pyridine rings is 1. The van der Waals surface area contributed by atoms with E-state index in [0.717, 1.165) is 42.8 Å². The summed E-state index contributed by atoms with van der Waals surface area (Å²) in [6, 6.07) is 8.24. The normalized spacial score (nSPS) is 16.0. The minimum atomic E-state index is 0.379. The van der Waals surface area contributed by atoms with Gasteiger partial charge in [0.05, 0.1) is 24.6 Å². The summed E-state index contributed by atoms with van der Waals surface area (Å²) in [6.07, 6.45) is 0. The van der Waals surface area contributed by atoms with Gasteiger partial charge in [0.25, 0.3) is 0 Å². The summed E-state index contributed by atoms with van der Waals surface area (Å²) in [7, 11) is 0. The zero-order chi connectivity index (χ0) is 13.2. The first-order valence-corrected chi connectivity index (χ1v) is 7.17. The molecule has 1 saturated heterocycles. The van der Waals surface area contributed by atoms with Crippen LogP contribution in [0.3, 0.4) is 0 Å². The quantitative estimate of drug-likeness (QED) is 0.627. The molecule has 1 aromatic heterocycles. The zero-order valence-corrected chi connectivity index (χ0v) is 11.9. The number of fused-ring (bicyclic) bond motifs is 1. The van der Waals surface area contributed by atoms with Gasteiger partial charge in [-0.2, -0.15) is 0 Å². The Kier molecular flexibility index (Phi) is 3.78. The molecule has 1 fully saturated rings. The molecule has 3 nitrogen and oxygen atoms in total. The Bertz CT molecular complexity index is 597. The molecule has 0 aliphatic carbocycles. The number of anilines is 1. The number of hydrogen-bond acceptors (Lipinski definition) is 3. The van der Waals surface area contributed by atoms with Crippen LogP contribution >= 0.6 is 23.2 Å². The van der Waals surface area contributed by atoms with E-state index >= 15 is 0 Å². The molecule has 2 aromatic rings. The topological polar surface area (TPSA) is 25.4 Å².